The number of ether oxygens (including phenoxy) is 2. The number of hydrogen-bond acceptors (Lipinski definition) is 6. The van der Waals surface area contributed by atoms with Crippen molar-refractivity contribution in [2.75, 3.05) is 18.9 Å². The number of hydrogen-bond donors (Lipinski definition) is 1. The summed E-state index contributed by atoms with van der Waals surface area (Å²) in [7, 11) is -1.01. The fraction of sp³-hybridized carbons (Fsp3) is 0.235. The normalized spacial score (nSPS) is 11.5. The Bertz CT molecular complexity index is 1110. The first-order valence-corrected chi connectivity index (χ1v) is 9.26. The van der Waals surface area contributed by atoms with Crippen LogP contribution in [0.3, 0.4) is 0 Å². The van der Waals surface area contributed by atoms with Gasteiger partial charge < -0.3 is 13.9 Å². The van der Waals surface area contributed by atoms with E-state index in [9.17, 15) is 13.2 Å². The summed E-state index contributed by atoms with van der Waals surface area (Å²) in [5, 5.41) is 0. The van der Waals surface area contributed by atoms with Crippen LogP contribution in [0.2, 0.25) is 0 Å². The van der Waals surface area contributed by atoms with Gasteiger partial charge in [-0.1, -0.05) is 0 Å². The zero-order chi connectivity index (χ0) is 18.9. The fourth-order valence-corrected chi connectivity index (χ4v) is 3.69. The van der Waals surface area contributed by atoms with Gasteiger partial charge in [-0.3, -0.25) is 9.29 Å². The van der Waals surface area contributed by atoms with Gasteiger partial charge in [0.2, 0.25) is 0 Å². The van der Waals surface area contributed by atoms with Gasteiger partial charge in [-0.25, -0.2) is 13.2 Å². The Morgan fingerprint density at radius 2 is 1.88 bits per heavy atom. The zero-order valence-electron chi connectivity index (χ0n) is 14.5. The molecule has 0 amide bonds. The minimum absolute atomic E-state index is 0.0353. The van der Waals surface area contributed by atoms with Crippen LogP contribution in [-0.2, 0) is 16.6 Å². The first-order valence-electron chi connectivity index (χ1n) is 7.78. The molecule has 0 saturated carbocycles. The van der Waals surface area contributed by atoms with Crippen molar-refractivity contribution in [3.8, 4) is 11.5 Å². The number of aryl methyl sites for hydroxylation is 1. The first-order chi connectivity index (χ1) is 12.4. The van der Waals surface area contributed by atoms with E-state index in [-0.39, 0.29) is 16.2 Å². The number of benzene rings is 2. The summed E-state index contributed by atoms with van der Waals surface area (Å²) in [6, 6.07) is 9.05. The van der Waals surface area contributed by atoms with Gasteiger partial charge in [0.05, 0.1) is 30.3 Å². The Morgan fingerprint density at radius 3 is 2.54 bits per heavy atom. The summed E-state index contributed by atoms with van der Waals surface area (Å²) in [6.07, 6.45) is 0. The quantitative estimate of drug-likeness (QED) is 0.707. The van der Waals surface area contributed by atoms with Crippen LogP contribution in [0.15, 0.2) is 50.5 Å². The maximum Gasteiger partial charge on any atom is 0.419 e. The molecule has 3 rings (SSSR count). The van der Waals surface area contributed by atoms with Crippen molar-refractivity contribution in [2.45, 2.75) is 18.4 Å². The number of fused-ring (bicyclic) bond motifs is 1. The molecule has 9 heteroatoms. The Balaban J connectivity index is 2.03. The molecule has 1 N–H and O–H groups in total. The Hall–Kier alpha value is -2.94. The Kier molecular flexibility index (Phi) is 4.64. The maximum atomic E-state index is 12.7. The third-order valence-electron chi connectivity index (χ3n) is 3.92. The monoisotopic (exact) mass is 378 g/mol. The largest absolute Gasteiger partial charge is 0.497 e. The molecular weight excluding hydrogens is 360 g/mol. The Labute approximate surface area is 150 Å². The molecule has 0 bridgehead atoms. The Morgan fingerprint density at radius 1 is 1.12 bits per heavy atom. The van der Waals surface area contributed by atoms with Crippen LogP contribution in [0.1, 0.15) is 6.92 Å². The van der Waals surface area contributed by atoms with Crippen molar-refractivity contribution in [2.24, 2.45) is 0 Å². The molecule has 0 saturated heterocycles. The molecule has 8 nitrogen and oxygen atoms in total. The molecule has 0 fully saturated rings. The molecule has 26 heavy (non-hydrogen) atoms. The topological polar surface area (TPSA) is 99.8 Å². The van der Waals surface area contributed by atoms with E-state index in [0.717, 1.165) is 0 Å². The molecule has 0 unspecified atom stereocenters. The highest BCUT2D eigenvalue weighted by Gasteiger charge is 2.19. The maximum absolute atomic E-state index is 12.7. The second-order valence-corrected chi connectivity index (χ2v) is 7.10. The molecular formula is C17H18N2O6S. The van der Waals surface area contributed by atoms with Crippen molar-refractivity contribution in [3.63, 3.8) is 0 Å². The summed E-state index contributed by atoms with van der Waals surface area (Å²) in [5.41, 5.74) is 0.979. The van der Waals surface area contributed by atoms with E-state index in [1.807, 2.05) is 0 Å². The molecule has 0 aliphatic rings. The van der Waals surface area contributed by atoms with Crippen LogP contribution < -0.4 is 20.0 Å². The predicted molar refractivity (Wildman–Crippen MR) is 96.5 cm³/mol. The summed E-state index contributed by atoms with van der Waals surface area (Å²) in [4.78, 5) is 11.7. The van der Waals surface area contributed by atoms with E-state index in [0.29, 0.717) is 23.6 Å². The molecule has 0 spiro atoms. The number of oxazole rings is 1. The molecule has 2 aromatic carbocycles. The fourth-order valence-electron chi connectivity index (χ4n) is 2.61. The van der Waals surface area contributed by atoms with Gasteiger partial charge in [-0.2, -0.15) is 0 Å². The molecule has 1 aromatic heterocycles. The SMILES string of the molecule is CCn1c(=O)oc2cc(S(=O)(=O)Nc3cc(OC)ccc3OC)ccc21. The van der Waals surface area contributed by atoms with E-state index in [4.69, 9.17) is 13.9 Å². The third kappa shape index (κ3) is 3.13. The van der Waals surface area contributed by atoms with Gasteiger partial charge in [0.15, 0.2) is 5.58 Å². The first kappa shape index (κ1) is 17.9. The minimum atomic E-state index is -3.93. The van der Waals surface area contributed by atoms with Crippen LogP contribution in [0, 0.1) is 0 Å². The van der Waals surface area contributed by atoms with Crippen molar-refractivity contribution >= 4 is 26.8 Å². The number of anilines is 1. The summed E-state index contributed by atoms with van der Waals surface area (Å²) in [5.74, 6) is 0.295. The van der Waals surface area contributed by atoms with Crippen molar-refractivity contribution < 1.29 is 22.3 Å². The van der Waals surface area contributed by atoms with Crippen molar-refractivity contribution in [1.82, 2.24) is 4.57 Å². The number of methoxy groups -OCH3 is 2. The molecule has 1 heterocycles. The molecule has 138 valence electrons. The van der Waals surface area contributed by atoms with Crippen LogP contribution in [-0.4, -0.2) is 27.2 Å². The molecule has 0 atom stereocenters. The lowest BCUT2D eigenvalue weighted by molar-refractivity contribution is 0.405. The molecule has 0 aliphatic carbocycles. The number of rotatable bonds is 6. The minimum Gasteiger partial charge on any atom is -0.497 e. The number of nitrogens with zero attached hydrogens (tertiary/aromatic N) is 1. The lowest BCUT2D eigenvalue weighted by Crippen LogP contribution is -2.14. The predicted octanol–water partition coefficient (Wildman–Crippen LogP) is 2.43. The lowest BCUT2D eigenvalue weighted by atomic mass is 10.3. The van der Waals surface area contributed by atoms with Gasteiger partial charge in [-0.15, -0.1) is 0 Å². The average molecular weight is 378 g/mol. The van der Waals surface area contributed by atoms with Gasteiger partial charge in [-0.05, 0) is 31.2 Å². The second kappa shape index (κ2) is 6.75. The van der Waals surface area contributed by atoms with Crippen LogP contribution in [0.25, 0.3) is 11.1 Å². The van der Waals surface area contributed by atoms with E-state index in [2.05, 4.69) is 4.72 Å². The number of nitrogens with one attached hydrogen (secondary N) is 1. The highest BCUT2D eigenvalue weighted by molar-refractivity contribution is 7.92. The summed E-state index contributed by atoms with van der Waals surface area (Å²) < 4.78 is 44.8. The van der Waals surface area contributed by atoms with Crippen LogP contribution in [0.5, 0.6) is 11.5 Å². The second-order valence-electron chi connectivity index (χ2n) is 5.41. The average Bonchev–Trinajstić information content (AvgIpc) is 2.95. The standard InChI is InChI=1S/C17H18N2O6S/c1-4-19-14-7-6-12(10-16(14)25-17(19)20)26(21,22)18-13-9-11(23-2)5-8-15(13)24-3/h5-10,18H,4H2,1-3H3. The van der Waals surface area contributed by atoms with E-state index < -0.39 is 15.8 Å². The van der Waals surface area contributed by atoms with E-state index >= 15 is 0 Å². The van der Waals surface area contributed by atoms with Gasteiger partial charge >= 0.3 is 5.76 Å². The molecule has 0 radical (unpaired) electrons. The number of aromatic nitrogens is 1. The smallest absolute Gasteiger partial charge is 0.419 e. The third-order valence-corrected chi connectivity index (χ3v) is 5.28. The van der Waals surface area contributed by atoms with Crippen LogP contribution in [0.4, 0.5) is 5.69 Å². The number of sulfonamides is 1. The van der Waals surface area contributed by atoms with Gasteiger partial charge in [0.1, 0.15) is 11.5 Å². The van der Waals surface area contributed by atoms with Gasteiger partial charge in [0.25, 0.3) is 10.0 Å². The summed E-state index contributed by atoms with van der Waals surface area (Å²) >= 11 is 0. The van der Waals surface area contributed by atoms with Crippen LogP contribution >= 0.6 is 0 Å². The highest BCUT2D eigenvalue weighted by atomic mass is 32.2. The zero-order valence-corrected chi connectivity index (χ0v) is 15.3. The summed E-state index contributed by atoms with van der Waals surface area (Å²) in [6.45, 7) is 2.23. The molecule has 3 aromatic rings. The van der Waals surface area contributed by atoms with E-state index in [1.165, 1.54) is 37.0 Å². The lowest BCUT2D eigenvalue weighted by Gasteiger charge is -2.13. The van der Waals surface area contributed by atoms with Gasteiger partial charge in [0, 0.05) is 18.7 Å². The van der Waals surface area contributed by atoms with E-state index in [1.54, 1.807) is 25.1 Å². The van der Waals surface area contributed by atoms with Crippen molar-refractivity contribution in [1.29, 1.82) is 0 Å². The molecule has 0 aliphatic heterocycles. The highest BCUT2D eigenvalue weighted by Crippen LogP contribution is 2.31. The van der Waals surface area contributed by atoms with Crippen molar-refractivity contribution in [3.05, 3.63) is 46.9 Å².